The quantitative estimate of drug-likeness (QED) is 0.310. The smallest absolute Gasteiger partial charge is 0.191 e. The molecule has 1 aliphatic heterocycles. The van der Waals surface area contributed by atoms with Gasteiger partial charge in [0.15, 0.2) is 5.96 Å². The number of aryl methyl sites for hydroxylation is 2. The summed E-state index contributed by atoms with van der Waals surface area (Å²) in [5.74, 6) is 1.71. The molecule has 1 aromatic carbocycles. The fourth-order valence-corrected chi connectivity index (χ4v) is 4.58. The Hall–Kier alpha value is -1.39. The van der Waals surface area contributed by atoms with Crippen molar-refractivity contribution in [1.29, 1.82) is 0 Å². The Balaban J connectivity index is 0.00000320. The molecule has 1 saturated heterocycles. The SMILES string of the molecule is CN=C(NCc1nc(C)c(C)s1)NCC(c1ccc(OC)cc1)N1CCCCC1.I. The van der Waals surface area contributed by atoms with E-state index in [0.717, 1.165) is 42.0 Å². The molecule has 0 bridgehead atoms. The van der Waals surface area contributed by atoms with E-state index in [1.54, 1.807) is 18.4 Å². The van der Waals surface area contributed by atoms with Gasteiger partial charge >= 0.3 is 0 Å². The number of thiazole rings is 1. The lowest BCUT2D eigenvalue weighted by Crippen LogP contribution is -2.44. The molecule has 1 atom stereocenters. The summed E-state index contributed by atoms with van der Waals surface area (Å²) in [4.78, 5) is 12.9. The number of likely N-dealkylation sites (tertiary alicyclic amines) is 1. The molecule has 2 N–H and O–H groups in total. The Kier molecular flexibility index (Phi) is 10.3. The number of hydrogen-bond donors (Lipinski definition) is 2. The van der Waals surface area contributed by atoms with Crippen LogP contribution in [0.4, 0.5) is 0 Å². The van der Waals surface area contributed by atoms with Crippen molar-refractivity contribution in [2.75, 3.05) is 33.8 Å². The number of halogens is 1. The first-order chi connectivity index (χ1) is 14.1. The van der Waals surface area contributed by atoms with Crippen molar-refractivity contribution in [2.24, 2.45) is 4.99 Å². The maximum atomic E-state index is 5.33. The first-order valence-electron chi connectivity index (χ1n) is 10.4. The molecule has 0 aliphatic carbocycles. The van der Waals surface area contributed by atoms with Crippen LogP contribution < -0.4 is 15.4 Å². The van der Waals surface area contributed by atoms with Crippen LogP contribution in [0.3, 0.4) is 0 Å². The monoisotopic (exact) mass is 543 g/mol. The van der Waals surface area contributed by atoms with E-state index in [1.807, 2.05) is 19.2 Å². The van der Waals surface area contributed by atoms with Crippen LogP contribution in [0.5, 0.6) is 5.75 Å². The van der Waals surface area contributed by atoms with E-state index in [2.05, 4.69) is 51.5 Å². The lowest BCUT2D eigenvalue weighted by atomic mass is 10.0. The van der Waals surface area contributed by atoms with Crippen molar-refractivity contribution >= 4 is 41.3 Å². The zero-order valence-corrected chi connectivity index (χ0v) is 21.5. The van der Waals surface area contributed by atoms with Gasteiger partial charge in [0.05, 0.1) is 25.4 Å². The van der Waals surface area contributed by atoms with Gasteiger partial charge in [-0.3, -0.25) is 9.89 Å². The van der Waals surface area contributed by atoms with Crippen LogP contribution in [-0.4, -0.2) is 49.6 Å². The average molecular weight is 544 g/mol. The molecule has 0 saturated carbocycles. The minimum atomic E-state index is 0. The molecule has 8 heteroatoms. The predicted octanol–water partition coefficient (Wildman–Crippen LogP) is 4.28. The third-order valence-corrected chi connectivity index (χ3v) is 6.57. The van der Waals surface area contributed by atoms with Gasteiger partial charge in [0.2, 0.25) is 0 Å². The van der Waals surface area contributed by atoms with E-state index in [4.69, 9.17) is 4.74 Å². The normalized spacial score (nSPS) is 15.9. The van der Waals surface area contributed by atoms with Crippen molar-refractivity contribution in [3.05, 3.63) is 45.4 Å². The van der Waals surface area contributed by atoms with Crippen LogP contribution in [0.1, 0.15) is 46.4 Å². The highest BCUT2D eigenvalue weighted by molar-refractivity contribution is 14.0. The third kappa shape index (κ3) is 6.81. The van der Waals surface area contributed by atoms with Crippen molar-refractivity contribution in [2.45, 2.75) is 45.7 Å². The lowest BCUT2D eigenvalue weighted by molar-refractivity contribution is 0.164. The summed E-state index contributed by atoms with van der Waals surface area (Å²) < 4.78 is 5.33. The predicted molar refractivity (Wildman–Crippen MR) is 136 cm³/mol. The summed E-state index contributed by atoms with van der Waals surface area (Å²) in [7, 11) is 3.52. The fourth-order valence-electron chi connectivity index (χ4n) is 3.70. The zero-order valence-electron chi connectivity index (χ0n) is 18.4. The van der Waals surface area contributed by atoms with Gasteiger partial charge < -0.3 is 15.4 Å². The number of ether oxygens (including phenoxy) is 1. The number of nitrogens with zero attached hydrogens (tertiary/aromatic N) is 3. The number of piperidine rings is 1. The summed E-state index contributed by atoms with van der Waals surface area (Å²) in [6, 6.07) is 8.76. The second-order valence-corrected chi connectivity index (χ2v) is 8.73. The highest BCUT2D eigenvalue weighted by Gasteiger charge is 2.22. The number of guanidine groups is 1. The Bertz CT molecular complexity index is 783. The largest absolute Gasteiger partial charge is 0.497 e. The van der Waals surface area contributed by atoms with Crippen LogP contribution in [0, 0.1) is 13.8 Å². The molecule has 2 heterocycles. The number of methoxy groups -OCH3 is 1. The molecule has 1 unspecified atom stereocenters. The second kappa shape index (κ2) is 12.5. The van der Waals surface area contributed by atoms with Gasteiger partial charge in [0.25, 0.3) is 0 Å². The minimum absolute atomic E-state index is 0. The first-order valence-corrected chi connectivity index (χ1v) is 11.2. The van der Waals surface area contributed by atoms with Crippen LogP contribution >= 0.6 is 35.3 Å². The van der Waals surface area contributed by atoms with E-state index in [9.17, 15) is 0 Å². The molecule has 2 aromatic rings. The standard InChI is InChI=1S/C22H33N5OS.HI/c1-16-17(2)29-21(26-16)15-25-22(23-3)24-14-20(27-12-6-5-7-13-27)18-8-10-19(28-4)11-9-18;/h8-11,20H,5-7,12-15H2,1-4H3,(H2,23,24,25);1H. The van der Waals surface area contributed by atoms with Crippen LogP contribution in [0.2, 0.25) is 0 Å². The van der Waals surface area contributed by atoms with Gasteiger partial charge in [-0.05, 0) is 57.5 Å². The molecular weight excluding hydrogens is 509 g/mol. The van der Waals surface area contributed by atoms with Crippen LogP contribution in [0.15, 0.2) is 29.3 Å². The summed E-state index contributed by atoms with van der Waals surface area (Å²) in [6.45, 7) is 7.95. The van der Waals surface area contributed by atoms with E-state index < -0.39 is 0 Å². The van der Waals surface area contributed by atoms with Crippen molar-refractivity contribution < 1.29 is 4.74 Å². The number of hydrogen-bond acceptors (Lipinski definition) is 5. The third-order valence-electron chi connectivity index (χ3n) is 5.50. The van der Waals surface area contributed by atoms with Gasteiger partial charge in [-0.25, -0.2) is 4.98 Å². The molecule has 1 fully saturated rings. The molecule has 0 amide bonds. The van der Waals surface area contributed by atoms with Crippen molar-refractivity contribution in [3.63, 3.8) is 0 Å². The molecule has 6 nitrogen and oxygen atoms in total. The minimum Gasteiger partial charge on any atom is -0.497 e. The number of rotatable bonds is 7. The van der Waals surface area contributed by atoms with Crippen molar-refractivity contribution in [1.82, 2.24) is 20.5 Å². The Morgan fingerprint density at radius 2 is 1.87 bits per heavy atom. The molecule has 0 spiro atoms. The average Bonchev–Trinajstić information content (AvgIpc) is 3.09. The highest BCUT2D eigenvalue weighted by atomic mass is 127. The van der Waals surface area contributed by atoms with Gasteiger partial charge in [0.1, 0.15) is 10.8 Å². The maximum absolute atomic E-state index is 5.33. The molecule has 0 radical (unpaired) electrons. The van der Waals surface area contributed by atoms with Gasteiger partial charge in [-0.15, -0.1) is 35.3 Å². The molecule has 1 aliphatic rings. The number of benzene rings is 1. The molecule has 166 valence electrons. The number of aromatic nitrogens is 1. The van der Waals surface area contributed by atoms with Crippen molar-refractivity contribution in [3.8, 4) is 5.75 Å². The van der Waals surface area contributed by atoms with Crippen LogP contribution in [0.25, 0.3) is 0 Å². The van der Waals surface area contributed by atoms with E-state index >= 15 is 0 Å². The van der Waals surface area contributed by atoms with Gasteiger partial charge in [-0.2, -0.15) is 0 Å². The Labute approximate surface area is 201 Å². The summed E-state index contributed by atoms with van der Waals surface area (Å²) >= 11 is 1.74. The van der Waals surface area contributed by atoms with Gasteiger partial charge in [0, 0.05) is 18.5 Å². The lowest BCUT2D eigenvalue weighted by Gasteiger charge is -2.35. The topological polar surface area (TPSA) is 61.8 Å². The Morgan fingerprint density at radius 1 is 1.17 bits per heavy atom. The van der Waals surface area contributed by atoms with E-state index in [1.165, 1.54) is 29.7 Å². The Morgan fingerprint density at radius 3 is 2.43 bits per heavy atom. The van der Waals surface area contributed by atoms with E-state index in [0.29, 0.717) is 12.6 Å². The maximum Gasteiger partial charge on any atom is 0.191 e. The first kappa shape index (κ1) is 24.9. The van der Waals surface area contributed by atoms with Crippen LogP contribution in [-0.2, 0) is 6.54 Å². The van der Waals surface area contributed by atoms with Gasteiger partial charge in [-0.1, -0.05) is 18.6 Å². The highest BCUT2D eigenvalue weighted by Crippen LogP contribution is 2.26. The number of nitrogens with one attached hydrogen (secondary N) is 2. The summed E-state index contributed by atoms with van der Waals surface area (Å²) in [6.07, 6.45) is 3.86. The van der Waals surface area contributed by atoms with E-state index in [-0.39, 0.29) is 24.0 Å². The molecule has 1 aromatic heterocycles. The molecule has 3 rings (SSSR count). The number of aliphatic imine (C=N–C) groups is 1. The second-order valence-electron chi connectivity index (χ2n) is 7.44. The molecule has 30 heavy (non-hydrogen) atoms. The summed E-state index contributed by atoms with van der Waals surface area (Å²) in [5.41, 5.74) is 2.42. The fraction of sp³-hybridized carbons (Fsp3) is 0.545. The zero-order chi connectivity index (χ0) is 20.6. The summed E-state index contributed by atoms with van der Waals surface area (Å²) in [5, 5.41) is 8.02. The molecular formula is C22H34IN5OS.